The molecule has 0 spiro atoms. The summed E-state index contributed by atoms with van der Waals surface area (Å²) in [6, 6.07) is 17.5. The number of ether oxygens (including phenoxy) is 1. The second-order valence-corrected chi connectivity index (χ2v) is 7.58. The number of carbonyl (C=O) groups excluding carboxylic acids is 1. The van der Waals surface area contributed by atoms with Crippen LogP contribution >= 0.6 is 0 Å². The van der Waals surface area contributed by atoms with Crippen LogP contribution in [-0.4, -0.2) is 14.4 Å². The third kappa shape index (κ3) is 4.85. The zero-order chi connectivity index (χ0) is 20.0. The second kappa shape index (κ2) is 8.52. The lowest BCUT2D eigenvalue weighted by Crippen LogP contribution is -2.23. The molecule has 0 aliphatic carbocycles. The Bertz CT molecular complexity index is 1080. The molecule has 8 heteroatoms. The van der Waals surface area contributed by atoms with Gasteiger partial charge in [-0.3, -0.25) is 0 Å². The van der Waals surface area contributed by atoms with E-state index in [-0.39, 0.29) is 23.6 Å². The first-order chi connectivity index (χ1) is 13.5. The second-order valence-electron chi connectivity index (χ2n) is 5.81. The smallest absolute Gasteiger partial charge is 0.338 e. The summed E-state index contributed by atoms with van der Waals surface area (Å²) in [6.45, 7) is 0.0824. The van der Waals surface area contributed by atoms with Gasteiger partial charge in [-0.05, 0) is 54.1 Å². The highest BCUT2D eigenvalue weighted by molar-refractivity contribution is 7.89. The molecule has 3 rings (SSSR count). The molecule has 0 amide bonds. The van der Waals surface area contributed by atoms with Crippen molar-refractivity contribution < 1.29 is 22.4 Å². The summed E-state index contributed by atoms with van der Waals surface area (Å²) in [6.07, 6.45) is 1.46. The van der Waals surface area contributed by atoms with E-state index in [1.165, 1.54) is 30.5 Å². The number of rotatable bonds is 7. The first-order valence-corrected chi connectivity index (χ1v) is 9.74. The van der Waals surface area contributed by atoms with Gasteiger partial charge in [0.05, 0.1) is 34.9 Å². The standard InChI is InChI=1S/C20H16N2O5S/c21-12-15-3-5-16(6-4-15)14-27-20(23)17-7-9-19(10-8-17)28(24,25)22-13-18-2-1-11-26-18/h1-11,22H,13-14H2. The van der Waals surface area contributed by atoms with E-state index in [0.717, 1.165) is 5.56 Å². The number of nitrogens with one attached hydrogen (secondary N) is 1. The minimum Gasteiger partial charge on any atom is -0.468 e. The molecule has 7 nitrogen and oxygen atoms in total. The number of carbonyl (C=O) groups is 1. The van der Waals surface area contributed by atoms with Crippen LogP contribution in [0.4, 0.5) is 0 Å². The lowest BCUT2D eigenvalue weighted by molar-refractivity contribution is 0.0472. The van der Waals surface area contributed by atoms with Crippen LogP contribution in [0.25, 0.3) is 0 Å². The maximum atomic E-state index is 12.3. The van der Waals surface area contributed by atoms with Gasteiger partial charge in [-0.2, -0.15) is 5.26 Å². The fraction of sp³-hybridized carbons (Fsp3) is 0.100. The zero-order valence-corrected chi connectivity index (χ0v) is 15.5. The minimum absolute atomic E-state index is 0.0303. The van der Waals surface area contributed by atoms with Gasteiger partial charge in [0.25, 0.3) is 0 Å². The molecule has 0 radical (unpaired) electrons. The van der Waals surface area contributed by atoms with Crippen molar-refractivity contribution in [3.05, 3.63) is 89.4 Å². The molecule has 0 aliphatic heterocycles. The van der Waals surface area contributed by atoms with Crippen molar-refractivity contribution in [2.45, 2.75) is 18.0 Å². The van der Waals surface area contributed by atoms with Crippen LogP contribution in [0.3, 0.4) is 0 Å². The van der Waals surface area contributed by atoms with Gasteiger partial charge >= 0.3 is 5.97 Å². The fourth-order valence-electron chi connectivity index (χ4n) is 2.34. The molecule has 0 aliphatic rings. The molecule has 1 N–H and O–H groups in total. The number of benzene rings is 2. The Hall–Kier alpha value is -3.41. The predicted molar refractivity (Wildman–Crippen MR) is 99.5 cm³/mol. The third-order valence-corrected chi connectivity index (χ3v) is 5.29. The summed E-state index contributed by atoms with van der Waals surface area (Å²) in [5.41, 5.74) is 1.50. The molecule has 3 aromatic rings. The van der Waals surface area contributed by atoms with E-state index in [9.17, 15) is 13.2 Å². The number of sulfonamides is 1. The van der Waals surface area contributed by atoms with Crippen LogP contribution in [0.15, 0.2) is 76.2 Å². The van der Waals surface area contributed by atoms with Crippen LogP contribution in [0.5, 0.6) is 0 Å². The molecule has 1 aromatic heterocycles. The topological polar surface area (TPSA) is 109 Å². The highest BCUT2D eigenvalue weighted by Gasteiger charge is 2.16. The van der Waals surface area contributed by atoms with E-state index in [0.29, 0.717) is 11.3 Å². The molecule has 142 valence electrons. The average Bonchev–Trinajstić information content (AvgIpc) is 3.25. The summed E-state index contributed by atoms with van der Waals surface area (Å²) >= 11 is 0. The Morgan fingerprint density at radius 2 is 1.79 bits per heavy atom. The number of esters is 1. The van der Waals surface area contributed by atoms with E-state index in [2.05, 4.69) is 4.72 Å². The van der Waals surface area contributed by atoms with Crippen molar-refractivity contribution in [3.63, 3.8) is 0 Å². The maximum Gasteiger partial charge on any atom is 0.338 e. The van der Waals surface area contributed by atoms with E-state index < -0.39 is 16.0 Å². The molecule has 1 heterocycles. The summed E-state index contributed by atoms with van der Waals surface area (Å²) < 4.78 is 37.3. The van der Waals surface area contributed by atoms with Gasteiger partial charge in [-0.15, -0.1) is 0 Å². The van der Waals surface area contributed by atoms with E-state index in [1.807, 2.05) is 6.07 Å². The molecule has 0 fully saturated rings. The molecule has 0 bridgehead atoms. The number of furan rings is 1. The van der Waals surface area contributed by atoms with Gasteiger partial charge in [0.2, 0.25) is 10.0 Å². The van der Waals surface area contributed by atoms with Crippen LogP contribution in [0.1, 0.15) is 27.2 Å². The van der Waals surface area contributed by atoms with Gasteiger partial charge in [0.15, 0.2) is 0 Å². The summed E-state index contributed by atoms with van der Waals surface area (Å²) in [5.74, 6) is -0.0802. The van der Waals surface area contributed by atoms with Crippen molar-refractivity contribution in [1.82, 2.24) is 4.72 Å². The quantitative estimate of drug-likeness (QED) is 0.615. The van der Waals surface area contributed by atoms with Crippen molar-refractivity contribution in [3.8, 4) is 6.07 Å². The largest absolute Gasteiger partial charge is 0.468 e. The van der Waals surface area contributed by atoms with Crippen LogP contribution in [-0.2, 0) is 27.9 Å². The predicted octanol–water partition coefficient (Wildman–Crippen LogP) is 2.99. The van der Waals surface area contributed by atoms with Crippen LogP contribution in [0, 0.1) is 11.3 Å². The fourth-order valence-corrected chi connectivity index (χ4v) is 3.33. The summed E-state index contributed by atoms with van der Waals surface area (Å²) in [5, 5.41) is 8.77. The van der Waals surface area contributed by atoms with E-state index in [1.54, 1.807) is 36.4 Å². The lowest BCUT2D eigenvalue weighted by atomic mass is 10.1. The summed E-state index contributed by atoms with van der Waals surface area (Å²) in [4.78, 5) is 12.2. The van der Waals surface area contributed by atoms with Crippen LogP contribution in [0.2, 0.25) is 0 Å². The zero-order valence-electron chi connectivity index (χ0n) is 14.7. The number of hydrogen-bond acceptors (Lipinski definition) is 6. The monoisotopic (exact) mass is 396 g/mol. The molecule has 0 saturated carbocycles. The molecule has 0 unspecified atom stereocenters. The third-order valence-electron chi connectivity index (χ3n) is 3.87. The van der Waals surface area contributed by atoms with Crippen molar-refractivity contribution in [2.75, 3.05) is 0 Å². The molecule has 0 atom stereocenters. The van der Waals surface area contributed by atoms with Gasteiger partial charge in [-0.25, -0.2) is 17.9 Å². The van der Waals surface area contributed by atoms with Gasteiger partial charge in [-0.1, -0.05) is 12.1 Å². The molecule has 28 heavy (non-hydrogen) atoms. The molecule has 0 saturated heterocycles. The highest BCUT2D eigenvalue weighted by Crippen LogP contribution is 2.13. The van der Waals surface area contributed by atoms with Crippen LogP contribution < -0.4 is 4.72 Å². The average molecular weight is 396 g/mol. The normalized spacial score (nSPS) is 11.0. The maximum absolute atomic E-state index is 12.3. The van der Waals surface area contributed by atoms with E-state index >= 15 is 0 Å². The lowest BCUT2D eigenvalue weighted by Gasteiger charge is -2.08. The number of nitriles is 1. The number of nitrogens with zero attached hydrogens (tertiary/aromatic N) is 1. The first-order valence-electron chi connectivity index (χ1n) is 8.26. The Morgan fingerprint density at radius 3 is 2.39 bits per heavy atom. The van der Waals surface area contributed by atoms with Crippen molar-refractivity contribution in [1.29, 1.82) is 5.26 Å². The SMILES string of the molecule is N#Cc1ccc(COC(=O)c2ccc(S(=O)(=O)NCc3ccco3)cc2)cc1. The van der Waals surface area contributed by atoms with Gasteiger partial charge in [0, 0.05) is 0 Å². The van der Waals surface area contributed by atoms with Crippen molar-refractivity contribution >= 4 is 16.0 Å². The Balaban J connectivity index is 1.59. The Morgan fingerprint density at radius 1 is 1.07 bits per heavy atom. The van der Waals surface area contributed by atoms with E-state index in [4.69, 9.17) is 14.4 Å². The minimum atomic E-state index is -3.73. The van der Waals surface area contributed by atoms with Gasteiger partial charge < -0.3 is 9.15 Å². The van der Waals surface area contributed by atoms with Gasteiger partial charge in [0.1, 0.15) is 12.4 Å². The Kier molecular flexibility index (Phi) is 5.89. The first kappa shape index (κ1) is 19.4. The highest BCUT2D eigenvalue weighted by atomic mass is 32.2. The molecular formula is C20H16N2O5S. The Labute approximate surface area is 162 Å². The number of hydrogen-bond donors (Lipinski definition) is 1. The molecule has 2 aromatic carbocycles. The molecular weight excluding hydrogens is 380 g/mol. The van der Waals surface area contributed by atoms with Crippen molar-refractivity contribution in [2.24, 2.45) is 0 Å². The summed E-state index contributed by atoms with van der Waals surface area (Å²) in [7, 11) is -3.73.